The maximum Gasteiger partial charge on any atom is 0.255 e. The molecule has 156 valence electrons. The van der Waals surface area contributed by atoms with E-state index in [-0.39, 0.29) is 41.4 Å². The van der Waals surface area contributed by atoms with Crippen molar-refractivity contribution in [1.82, 2.24) is 0 Å². The second-order valence-corrected chi connectivity index (χ2v) is 9.42. The molecular formula is C26H24N2O3. The maximum absolute atomic E-state index is 13.3. The number of imide groups is 1. The van der Waals surface area contributed by atoms with Crippen LogP contribution in [0.4, 0.5) is 11.4 Å². The number of carbonyl (C=O) groups excluding carboxylic acids is 3. The van der Waals surface area contributed by atoms with E-state index in [1.807, 2.05) is 32.0 Å². The van der Waals surface area contributed by atoms with Crippen LogP contribution in [0, 0.1) is 49.4 Å². The minimum atomic E-state index is -0.255. The topological polar surface area (TPSA) is 66.5 Å². The number of aryl methyl sites for hydroxylation is 1. The fraction of sp³-hybridized carbons (Fsp3) is 0.346. The van der Waals surface area contributed by atoms with Crippen LogP contribution in [0.2, 0.25) is 0 Å². The van der Waals surface area contributed by atoms with E-state index in [4.69, 9.17) is 0 Å². The Morgan fingerprint density at radius 2 is 1.58 bits per heavy atom. The third-order valence-electron chi connectivity index (χ3n) is 7.88. The molecule has 1 saturated heterocycles. The molecule has 6 atom stereocenters. The first-order valence-corrected chi connectivity index (χ1v) is 11.0. The minimum Gasteiger partial charge on any atom is -0.322 e. The molecule has 1 aliphatic heterocycles. The van der Waals surface area contributed by atoms with Crippen molar-refractivity contribution >= 4 is 29.1 Å². The van der Waals surface area contributed by atoms with Crippen LogP contribution >= 0.6 is 0 Å². The van der Waals surface area contributed by atoms with Gasteiger partial charge in [0.2, 0.25) is 11.8 Å². The Morgan fingerprint density at radius 1 is 0.935 bits per heavy atom. The van der Waals surface area contributed by atoms with Gasteiger partial charge >= 0.3 is 0 Å². The summed E-state index contributed by atoms with van der Waals surface area (Å²) in [6.07, 6.45) is 5.48. The molecule has 2 saturated carbocycles. The second kappa shape index (κ2) is 6.39. The number of amides is 3. The van der Waals surface area contributed by atoms with Crippen molar-refractivity contribution in [2.75, 3.05) is 10.2 Å². The molecule has 2 aromatic rings. The van der Waals surface area contributed by atoms with Crippen LogP contribution in [0.1, 0.15) is 27.9 Å². The molecule has 0 spiro atoms. The van der Waals surface area contributed by atoms with E-state index < -0.39 is 0 Å². The van der Waals surface area contributed by atoms with Gasteiger partial charge in [0.1, 0.15) is 0 Å². The molecular weight excluding hydrogens is 388 g/mol. The number of benzene rings is 2. The first-order valence-electron chi connectivity index (χ1n) is 11.0. The summed E-state index contributed by atoms with van der Waals surface area (Å²) in [7, 11) is 0. The SMILES string of the molecule is Cc1cccc(NC(=O)c2cccc(N3C(=O)[C@@H]4[C@H]5C=C[C@@H]([C@@H]6C[C@H]56)[C@H]4C3=O)c2)c1C. The predicted molar refractivity (Wildman–Crippen MR) is 118 cm³/mol. The van der Waals surface area contributed by atoms with Gasteiger partial charge in [-0.15, -0.1) is 0 Å². The molecule has 5 heteroatoms. The van der Waals surface area contributed by atoms with Crippen LogP contribution in [0.3, 0.4) is 0 Å². The zero-order valence-corrected chi connectivity index (χ0v) is 17.5. The highest BCUT2D eigenvalue weighted by Crippen LogP contribution is 2.65. The van der Waals surface area contributed by atoms with Gasteiger partial charge in [-0.25, -0.2) is 4.90 Å². The summed E-state index contributed by atoms with van der Waals surface area (Å²) in [5.74, 6) is 0.589. The van der Waals surface area contributed by atoms with E-state index in [9.17, 15) is 14.4 Å². The van der Waals surface area contributed by atoms with Gasteiger partial charge in [-0.3, -0.25) is 14.4 Å². The molecule has 3 amide bonds. The molecule has 0 aromatic heterocycles. The molecule has 31 heavy (non-hydrogen) atoms. The average Bonchev–Trinajstić information content (AvgIpc) is 3.55. The van der Waals surface area contributed by atoms with Gasteiger partial charge in [-0.05, 0) is 79.3 Å². The lowest BCUT2D eigenvalue weighted by molar-refractivity contribution is -0.124. The van der Waals surface area contributed by atoms with Crippen molar-refractivity contribution in [1.29, 1.82) is 0 Å². The summed E-state index contributed by atoms with van der Waals surface area (Å²) in [5, 5.41) is 2.96. The zero-order valence-electron chi connectivity index (χ0n) is 17.5. The number of hydrogen-bond donors (Lipinski definition) is 1. The molecule has 4 aliphatic carbocycles. The first kappa shape index (κ1) is 18.6. The highest BCUT2D eigenvalue weighted by Gasteiger charge is 2.67. The molecule has 7 rings (SSSR count). The van der Waals surface area contributed by atoms with Gasteiger partial charge in [0.05, 0.1) is 17.5 Å². The molecule has 0 unspecified atom stereocenters. The zero-order chi connectivity index (χ0) is 21.4. The lowest BCUT2D eigenvalue weighted by Gasteiger charge is -2.37. The smallest absolute Gasteiger partial charge is 0.255 e. The highest BCUT2D eigenvalue weighted by molar-refractivity contribution is 6.23. The van der Waals surface area contributed by atoms with Gasteiger partial charge in [0.25, 0.3) is 5.91 Å². The van der Waals surface area contributed by atoms with Crippen molar-refractivity contribution < 1.29 is 14.4 Å². The molecule has 2 aromatic carbocycles. The van der Waals surface area contributed by atoms with Gasteiger partial charge in [-0.2, -0.15) is 0 Å². The number of nitrogens with zero attached hydrogens (tertiary/aromatic N) is 1. The Labute approximate surface area is 181 Å². The number of allylic oxidation sites excluding steroid dienone is 2. The molecule has 5 aliphatic rings. The molecule has 3 fully saturated rings. The first-order chi connectivity index (χ1) is 15.0. The molecule has 1 heterocycles. The van der Waals surface area contributed by atoms with E-state index in [1.165, 1.54) is 4.90 Å². The Bertz CT molecular complexity index is 1150. The van der Waals surface area contributed by atoms with Crippen LogP contribution in [0.15, 0.2) is 54.6 Å². The van der Waals surface area contributed by atoms with E-state index in [1.54, 1.807) is 24.3 Å². The van der Waals surface area contributed by atoms with Gasteiger partial charge < -0.3 is 5.32 Å². The van der Waals surface area contributed by atoms with Crippen LogP contribution in [-0.2, 0) is 9.59 Å². The second-order valence-electron chi connectivity index (χ2n) is 9.42. The van der Waals surface area contributed by atoms with Crippen LogP contribution in [0.25, 0.3) is 0 Å². The number of rotatable bonds is 3. The monoisotopic (exact) mass is 412 g/mol. The standard InChI is InChI=1S/C26H24N2O3/c1-13-5-3-8-21(14(13)2)27-24(29)15-6-4-7-16(11-15)28-25(30)22-17-9-10-18(20-12-19(17)20)23(22)26(28)31/h3-11,17-20,22-23H,12H2,1-2H3,(H,27,29)/t17-,18-,19-,20+,22+,23+/m0/s1. The van der Waals surface area contributed by atoms with Crippen LogP contribution in [0.5, 0.6) is 0 Å². The summed E-state index contributed by atoms with van der Waals surface area (Å²) in [6.45, 7) is 3.97. The largest absolute Gasteiger partial charge is 0.322 e. The molecule has 1 N–H and O–H groups in total. The maximum atomic E-state index is 13.3. The van der Waals surface area contributed by atoms with Crippen molar-refractivity contribution in [3.05, 3.63) is 71.3 Å². The Morgan fingerprint density at radius 3 is 2.26 bits per heavy atom. The number of anilines is 2. The van der Waals surface area contributed by atoms with Crippen molar-refractivity contribution in [3.63, 3.8) is 0 Å². The summed E-state index contributed by atoms with van der Waals surface area (Å²) >= 11 is 0. The average molecular weight is 412 g/mol. The number of carbonyl (C=O) groups is 3. The van der Waals surface area contributed by atoms with E-state index in [0.29, 0.717) is 23.1 Å². The number of nitrogens with one attached hydrogen (secondary N) is 1. The number of hydrogen-bond acceptors (Lipinski definition) is 3. The van der Waals surface area contributed by atoms with E-state index in [0.717, 1.165) is 23.2 Å². The lowest BCUT2D eigenvalue weighted by atomic mass is 9.63. The summed E-state index contributed by atoms with van der Waals surface area (Å²) in [6, 6.07) is 12.6. The van der Waals surface area contributed by atoms with Crippen LogP contribution < -0.4 is 10.2 Å². The van der Waals surface area contributed by atoms with Gasteiger partial charge in [0.15, 0.2) is 0 Å². The lowest BCUT2D eigenvalue weighted by Crippen LogP contribution is -2.40. The van der Waals surface area contributed by atoms with Crippen molar-refractivity contribution in [2.24, 2.45) is 35.5 Å². The third kappa shape index (κ3) is 2.59. The normalized spacial score (nSPS) is 32.1. The molecule has 0 radical (unpaired) electrons. The van der Waals surface area contributed by atoms with E-state index in [2.05, 4.69) is 17.5 Å². The Kier molecular flexibility index (Phi) is 3.83. The fourth-order valence-corrected chi connectivity index (χ4v) is 6.08. The summed E-state index contributed by atoms with van der Waals surface area (Å²) in [5.41, 5.74) is 3.80. The Hall–Kier alpha value is -3.21. The predicted octanol–water partition coefficient (Wildman–Crippen LogP) is 4.11. The van der Waals surface area contributed by atoms with Gasteiger partial charge in [0, 0.05) is 11.3 Å². The quantitative estimate of drug-likeness (QED) is 0.609. The minimum absolute atomic E-state index is 0.105. The summed E-state index contributed by atoms with van der Waals surface area (Å²) in [4.78, 5) is 40.9. The van der Waals surface area contributed by atoms with Crippen molar-refractivity contribution in [2.45, 2.75) is 20.3 Å². The molecule has 2 bridgehead atoms. The fourth-order valence-electron chi connectivity index (χ4n) is 6.08. The summed E-state index contributed by atoms with van der Waals surface area (Å²) < 4.78 is 0. The van der Waals surface area contributed by atoms with Crippen LogP contribution in [-0.4, -0.2) is 17.7 Å². The highest BCUT2D eigenvalue weighted by atomic mass is 16.2. The van der Waals surface area contributed by atoms with Gasteiger partial charge in [-0.1, -0.05) is 30.4 Å². The molecule has 5 nitrogen and oxygen atoms in total. The Balaban J connectivity index is 1.29. The van der Waals surface area contributed by atoms with E-state index >= 15 is 0 Å². The third-order valence-corrected chi connectivity index (χ3v) is 7.88. The van der Waals surface area contributed by atoms with Crippen molar-refractivity contribution in [3.8, 4) is 0 Å².